The molecule has 8 heteroatoms. The van der Waals surface area contributed by atoms with Gasteiger partial charge < -0.3 is 15.4 Å². The van der Waals surface area contributed by atoms with Crippen LogP contribution in [0.4, 0.5) is 5.69 Å². The van der Waals surface area contributed by atoms with E-state index in [0.29, 0.717) is 22.5 Å². The largest absolute Gasteiger partial charge is 0.497 e. The van der Waals surface area contributed by atoms with Gasteiger partial charge >= 0.3 is 0 Å². The molecule has 1 aromatic carbocycles. The lowest BCUT2D eigenvalue weighted by Crippen LogP contribution is -2.23. The van der Waals surface area contributed by atoms with Gasteiger partial charge in [0.2, 0.25) is 5.91 Å². The molecule has 0 aliphatic carbocycles. The predicted molar refractivity (Wildman–Crippen MR) is 97.3 cm³/mol. The molecule has 2 N–H and O–H groups in total. The Morgan fingerprint density at radius 1 is 1.27 bits per heavy atom. The van der Waals surface area contributed by atoms with Crippen molar-refractivity contribution in [3.05, 3.63) is 47.9 Å². The molecule has 2 heterocycles. The zero-order valence-electron chi connectivity index (χ0n) is 14.7. The SMILES string of the molecule is CNC(=O)Cn1cc(NC(=O)c2cc(C)nc3cc(OC)ccc23)cn1. The number of amides is 2. The monoisotopic (exact) mass is 353 g/mol. The number of nitrogens with zero attached hydrogens (tertiary/aromatic N) is 3. The molecule has 3 aromatic rings. The quantitative estimate of drug-likeness (QED) is 0.728. The van der Waals surface area contributed by atoms with Gasteiger partial charge in [0, 0.05) is 30.4 Å². The van der Waals surface area contributed by atoms with Gasteiger partial charge in [-0.3, -0.25) is 19.3 Å². The number of aryl methyl sites for hydroxylation is 1. The molecule has 0 spiro atoms. The average molecular weight is 353 g/mol. The highest BCUT2D eigenvalue weighted by atomic mass is 16.5. The Hall–Kier alpha value is -3.42. The van der Waals surface area contributed by atoms with Gasteiger partial charge in [0.15, 0.2) is 0 Å². The van der Waals surface area contributed by atoms with E-state index in [4.69, 9.17) is 4.74 Å². The second-order valence-corrected chi connectivity index (χ2v) is 5.75. The van der Waals surface area contributed by atoms with Crippen LogP contribution in [-0.2, 0) is 11.3 Å². The number of rotatable bonds is 5. The summed E-state index contributed by atoms with van der Waals surface area (Å²) in [6.07, 6.45) is 3.10. The summed E-state index contributed by atoms with van der Waals surface area (Å²) >= 11 is 0. The lowest BCUT2D eigenvalue weighted by molar-refractivity contribution is -0.121. The fraction of sp³-hybridized carbons (Fsp3) is 0.222. The van der Waals surface area contributed by atoms with Crippen molar-refractivity contribution in [2.45, 2.75) is 13.5 Å². The zero-order valence-corrected chi connectivity index (χ0v) is 14.7. The number of methoxy groups -OCH3 is 1. The number of pyridine rings is 1. The molecule has 0 saturated carbocycles. The molecule has 8 nitrogen and oxygen atoms in total. The summed E-state index contributed by atoms with van der Waals surface area (Å²) in [6.45, 7) is 1.92. The maximum absolute atomic E-state index is 12.7. The van der Waals surface area contributed by atoms with Crippen LogP contribution < -0.4 is 15.4 Å². The first-order valence-corrected chi connectivity index (χ1v) is 8.00. The average Bonchev–Trinajstić information content (AvgIpc) is 3.06. The standard InChI is InChI=1S/C18H19N5O3/c1-11-6-15(14-5-4-13(26-3)7-16(14)21-11)18(25)22-12-8-20-23(9-12)10-17(24)19-2/h4-9H,10H2,1-3H3,(H,19,24)(H,22,25). The number of nitrogens with one attached hydrogen (secondary N) is 2. The Kier molecular flexibility index (Phi) is 4.83. The summed E-state index contributed by atoms with van der Waals surface area (Å²) in [5.41, 5.74) is 2.43. The Bertz CT molecular complexity index is 980. The summed E-state index contributed by atoms with van der Waals surface area (Å²) in [5.74, 6) is 0.235. The van der Waals surface area contributed by atoms with Gasteiger partial charge in [-0.1, -0.05) is 0 Å². The fourth-order valence-corrected chi connectivity index (χ4v) is 2.59. The smallest absolute Gasteiger partial charge is 0.256 e. The van der Waals surface area contributed by atoms with Gasteiger partial charge in [0.25, 0.3) is 5.91 Å². The fourth-order valence-electron chi connectivity index (χ4n) is 2.59. The van der Waals surface area contributed by atoms with Crippen molar-refractivity contribution < 1.29 is 14.3 Å². The van der Waals surface area contributed by atoms with Crippen LogP contribution in [0.5, 0.6) is 5.75 Å². The van der Waals surface area contributed by atoms with Crippen molar-refractivity contribution in [3.8, 4) is 5.75 Å². The third kappa shape index (κ3) is 3.64. The van der Waals surface area contributed by atoms with E-state index in [0.717, 1.165) is 11.1 Å². The zero-order chi connectivity index (χ0) is 18.7. The maximum atomic E-state index is 12.7. The predicted octanol–water partition coefficient (Wildman–Crippen LogP) is 1.75. The van der Waals surface area contributed by atoms with Crippen molar-refractivity contribution in [2.75, 3.05) is 19.5 Å². The first-order valence-electron chi connectivity index (χ1n) is 8.00. The van der Waals surface area contributed by atoms with E-state index in [1.807, 2.05) is 13.0 Å². The lowest BCUT2D eigenvalue weighted by atomic mass is 10.1. The molecule has 2 amide bonds. The van der Waals surface area contributed by atoms with Gasteiger partial charge in [0.05, 0.1) is 30.1 Å². The van der Waals surface area contributed by atoms with E-state index in [-0.39, 0.29) is 18.4 Å². The highest BCUT2D eigenvalue weighted by Crippen LogP contribution is 2.24. The van der Waals surface area contributed by atoms with Crippen LogP contribution in [0.25, 0.3) is 10.9 Å². The van der Waals surface area contributed by atoms with Crippen molar-refractivity contribution in [1.29, 1.82) is 0 Å². The number of likely N-dealkylation sites (N-methyl/N-ethyl adjacent to an activating group) is 1. The van der Waals surface area contributed by atoms with Gasteiger partial charge in [0.1, 0.15) is 12.3 Å². The number of benzene rings is 1. The molecule has 0 aliphatic rings. The molecule has 0 radical (unpaired) electrons. The molecule has 2 aromatic heterocycles. The minimum absolute atomic E-state index is 0.0868. The van der Waals surface area contributed by atoms with Crippen molar-refractivity contribution in [1.82, 2.24) is 20.1 Å². The van der Waals surface area contributed by atoms with Gasteiger partial charge in [-0.05, 0) is 25.1 Å². The topological polar surface area (TPSA) is 98.1 Å². The molecule has 0 aliphatic heterocycles. The van der Waals surface area contributed by atoms with Crippen LogP contribution in [0.15, 0.2) is 36.7 Å². The number of anilines is 1. The van der Waals surface area contributed by atoms with Crippen LogP contribution in [0.2, 0.25) is 0 Å². The molecule has 26 heavy (non-hydrogen) atoms. The first-order chi connectivity index (χ1) is 12.5. The molecule has 0 bridgehead atoms. The number of ether oxygens (including phenoxy) is 1. The Labute approximate surface area is 150 Å². The third-order valence-electron chi connectivity index (χ3n) is 3.87. The molecule has 0 atom stereocenters. The van der Waals surface area contributed by atoms with Gasteiger partial charge in [-0.15, -0.1) is 0 Å². The number of hydrogen-bond acceptors (Lipinski definition) is 5. The van der Waals surface area contributed by atoms with E-state index in [2.05, 4.69) is 20.7 Å². The Morgan fingerprint density at radius 3 is 2.81 bits per heavy atom. The normalized spacial score (nSPS) is 10.6. The van der Waals surface area contributed by atoms with Crippen molar-refractivity contribution in [2.24, 2.45) is 0 Å². The molecule has 134 valence electrons. The van der Waals surface area contributed by atoms with E-state index in [1.165, 1.54) is 10.9 Å². The Balaban J connectivity index is 1.87. The van der Waals surface area contributed by atoms with E-state index < -0.39 is 0 Å². The summed E-state index contributed by atoms with van der Waals surface area (Å²) in [5, 5.41) is 10.1. The number of fused-ring (bicyclic) bond motifs is 1. The van der Waals surface area contributed by atoms with Crippen molar-refractivity contribution >= 4 is 28.4 Å². The van der Waals surface area contributed by atoms with Crippen LogP contribution in [0, 0.1) is 6.92 Å². The molecule has 0 unspecified atom stereocenters. The van der Waals surface area contributed by atoms with Crippen LogP contribution >= 0.6 is 0 Å². The van der Waals surface area contributed by atoms with Crippen LogP contribution in [0.3, 0.4) is 0 Å². The van der Waals surface area contributed by atoms with E-state index in [9.17, 15) is 9.59 Å². The lowest BCUT2D eigenvalue weighted by Gasteiger charge is -2.09. The number of hydrogen-bond donors (Lipinski definition) is 2. The minimum Gasteiger partial charge on any atom is -0.497 e. The maximum Gasteiger partial charge on any atom is 0.256 e. The second-order valence-electron chi connectivity index (χ2n) is 5.75. The summed E-state index contributed by atoms with van der Waals surface area (Å²) in [7, 11) is 3.14. The molecule has 0 fully saturated rings. The molecular formula is C18H19N5O3. The highest BCUT2D eigenvalue weighted by molar-refractivity contribution is 6.12. The van der Waals surface area contributed by atoms with Crippen LogP contribution in [-0.4, -0.2) is 40.7 Å². The van der Waals surface area contributed by atoms with Gasteiger partial charge in [-0.25, -0.2) is 0 Å². The van der Waals surface area contributed by atoms with Crippen molar-refractivity contribution in [3.63, 3.8) is 0 Å². The van der Waals surface area contributed by atoms with E-state index in [1.54, 1.807) is 38.6 Å². The molecule has 3 rings (SSSR count). The number of aromatic nitrogens is 3. The summed E-state index contributed by atoms with van der Waals surface area (Å²) < 4.78 is 6.67. The number of carbonyl (C=O) groups is 2. The number of carbonyl (C=O) groups excluding carboxylic acids is 2. The third-order valence-corrected chi connectivity index (χ3v) is 3.87. The molecular weight excluding hydrogens is 334 g/mol. The van der Waals surface area contributed by atoms with Gasteiger partial charge in [-0.2, -0.15) is 5.10 Å². The first kappa shape index (κ1) is 17.4. The minimum atomic E-state index is -0.273. The summed E-state index contributed by atoms with van der Waals surface area (Å²) in [6, 6.07) is 7.13. The Morgan fingerprint density at radius 2 is 2.08 bits per heavy atom. The summed E-state index contributed by atoms with van der Waals surface area (Å²) in [4.78, 5) is 28.6. The second kappa shape index (κ2) is 7.22. The van der Waals surface area contributed by atoms with Crippen LogP contribution in [0.1, 0.15) is 16.1 Å². The molecule has 0 saturated heterocycles. The highest BCUT2D eigenvalue weighted by Gasteiger charge is 2.14. The van der Waals surface area contributed by atoms with E-state index >= 15 is 0 Å².